The predicted molar refractivity (Wildman–Crippen MR) is 86.5 cm³/mol. The van der Waals surface area contributed by atoms with E-state index in [-0.39, 0.29) is 16.2 Å². The largest absolute Gasteiger partial charge is 0.633 e. The Kier molecular flexibility index (Phi) is 8.97. The zero-order valence-corrected chi connectivity index (χ0v) is 14.8. The topological polar surface area (TPSA) is 57.2 Å². The second kappa shape index (κ2) is 9.06. The highest BCUT2D eigenvalue weighted by molar-refractivity contribution is 7.91. The summed E-state index contributed by atoms with van der Waals surface area (Å²) in [6.07, 6.45) is 4.90. The summed E-state index contributed by atoms with van der Waals surface area (Å²) >= 11 is 0. The first-order chi connectivity index (χ1) is 9.41. The van der Waals surface area contributed by atoms with Crippen molar-refractivity contribution in [3.8, 4) is 0 Å². The molecule has 0 saturated carbocycles. The molecule has 0 fully saturated rings. The number of halogens is 1. The number of quaternary nitrogens is 1. The van der Waals surface area contributed by atoms with Crippen LogP contribution in [0.15, 0.2) is 0 Å². The second-order valence-electron chi connectivity index (χ2n) is 7.04. The molecule has 0 rings (SSSR count). The fourth-order valence-corrected chi connectivity index (χ4v) is 3.63. The molecule has 6 heteroatoms. The second-order valence-corrected chi connectivity index (χ2v) is 9.34. The minimum Gasteiger partial charge on any atom is -0.633 e. The Hall–Kier alpha value is -0.200. The van der Waals surface area contributed by atoms with E-state index in [1.54, 1.807) is 27.9 Å². The van der Waals surface area contributed by atoms with Crippen molar-refractivity contribution in [3.63, 3.8) is 0 Å². The molecule has 0 N–H and O–H groups in total. The van der Waals surface area contributed by atoms with Gasteiger partial charge in [0.25, 0.3) is 0 Å². The van der Waals surface area contributed by atoms with Crippen LogP contribution in [-0.2, 0) is 9.84 Å². The molecule has 0 amide bonds. The number of alkyl halides is 1. The highest BCUT2D eigenvalue weighted by Crippen LogP contribution is 2.18. The van der Waals surface area contributed by atoms with E-state index in [0.29, 0.717) is 32.2 Å². The fourth-order valence-electron chi connectivity index (χ4n) is 2.14. The Morgan fingerprint density at radius 2 is 1.43 bits per heavy atom. The van der Waals surface area contributed by atoms with Crippen molar-refractivity contribution in [3.05, 3.63) is 5.21 Å². The van der Waals surface area contributed by atoms with Crippen molar-refractivity contribution in [2.75, 3.05) is 32.1 Å². The molecule has 0 saturated heterocycles. The monoisotopic (exact) mass is 325 g/mol. The third kappa shape index (κ3) is 16.0. The van der Waals surface area contributed by atoms with E-state index in [1.807, 2.05) is 0 Å². The van der Waals surface area contributed by atoms with Gasteiger partial charge >= 0.3 is 0 Å². The number of hydrogen-bond acceptors (Lipinski definition) is 3. The molecule has 0 aromatic carbocycles. The first kappa shape index (κ1) is 20.8. The van der Waals surface area contributed by atoms with Crippen LogP contribution in [0.1, 0.15) is 58.8 Å². The van der Waals surface area contributed by atoms with Crippen molar-refractivity contribution < 1.29 is 17.5 Å². The number of rotatable bonds is 12. The first-order valence-electron chi connectivity index (χ1n) is 7.85. The van der Waals surface area contributed by atoms with Gasteiger partial charge in [-0.15, -0.1) is 0 Å². The number of sulfone groups is 1. The lowest BCUT2D eigenvalue weighted by Crippen LogP contribution is -2.33. The number of unbranched alkanes of at least 4 members (excludes halogenated alkanes) is 4. The van der Waals surface area contributed by atoms with Crippen LogP contribution in [0, 0.1) is 5.21 Å². The van der Waals surface area contributed by atoms with E-state index < -0.39 is 15.5 Å². The Labute approximate surface area is 129 Å². The van der Waals surface area contributed by atoms with E-state index >= 15 is 0 Å². The maximum absolute atomic E-state index is 13.2. The van der Waals surface area contributed by atoms with Gasteiger partial charge in [-0.2, -0.15) is 0 Å². The van der Waals surface area contributed by atoms with E-state index in [9.17, 15) is 18.0 Å². The molecule has 0 atom stereocenters. The molecule has 128 valence electrons. The molecule has 0 aromatic heterocycles. The van der Waals surface area contributed by atoms with Gasteiger partial charge in [-0.3, -0.25) is 0 Å². The molecule has 4 nitrogen and oxygen atoms in total. The molecule has 0 aliphatic rings. The summed E-state index contributed by atoms with van der Waals surface area (Å²) < 4.78 is 36.5. The molecule has 0 aromatic rings. The summed E-state index contributed by atoms with van der Waals surface area (Å²) in [4.78, 5) is 0. The summed E-state index contributed by atoms with van der Waals surface area (Å²) in [7, 11) is 0.127. The Morgan fingerprint density at radius 1 is 0.952 bits per heavy atom. The van der Waals surface area contributed by atoms with Crippen LogP contribution in [0.25, 0.3) is 0 Å². The number of hydroxylamine groups is 3. The minimum atomic E-state index is -3.00. The number of hydrogen-bond donors (Lipinski definition) is 0. The summed E-state index contributed by atoms with van der Waals surface area (Å²) in [5, 5.41) is 11.3. The zero-order chi connectivity index (χ0) is 16.6. The molecule has 0 unspecified atom stereocenters. The number of nitrogens with zero attached hydrogens (tertiary/aromatic N) is 1. The lowest BCUT2D eigenvalue weighted by atomic mass is 10.0. The third-order valence-electron chi connectivity index (χ3n) is 3.38. The van der Waals surface area contributed by atoms with Crippen molar-refractivity contribution in [2.45, 2.75) is 64.5 Å². The smallest absolute Gasteiger partial charge is 0.150 e. The van der Waals surface area contributed by atoms with Crippen LogP contribution in [-0.4, -0.2) is 50.9 Å². The van der Waals surface area contributed by atoms with Gasteiger partial charge in [-0.25, -0.2) is 12.8 Å². The Balaban J connectivity index is 3.65. The van der Waals surface area contributed by atoms with E-state index in [0.717, 1.165) is 19.3 Å². The quantitative estimate of drug-likeness (QED) is 0.314. The van der Waals surface area contributed by atoms with Crippen molar-refractivity contribution in [1.82, 2.24) is 0 Å². The normalized spacial score (nSPS) is 13.6. The van der Waals surface area contributed by atoms with Gasteiger partial charge in [0.15, 0.2) is 0 Å². The average Bonchev–Trinajstić information content (AvgIpc) is 2.27. The average molecular weight is 325 g/mol. The summed E-state index contributed by atoms with van der Waals surface area (Å²) in [5.74, 6) is 0.381. The molecule has 0 spiro atoms. The van der Waals surface area contributed by atoms with Gasteiger partial charge in [0, 0.05) is 0 Å². The van der Waals surface area contributed by atoms with E-state index in [4.69, 9.17) is 0 Å². The highest BCUT2D eigenvalue weighted by Gasteiger charge is 2.14. The van der Waals surface area contributed by atoms with Crippen molar-refractivity contribution >= 4 is 9.84 Å². The predicted octanol–water partition coefficient (Wildman–Crippen LogP) is 3.45. The first-order valence-corrected chi connectivity index (χ1v) is 9.67. The van der Waals surface area contributed by atoms with Crippen molar-refractivity contribution in [1.29, 1.82) is 0 Å². The lowest BCUT2D eigenvalue weighted by Gasteiger charge is -2.33. The molecule has 0 heterocycles. The highest BCUT2D eigenvalue weighted by atomic mass is 32.2. The van der Waals surface area contributed by atoms with Gasteiger partial charge in [0.2, 0.25) is 0 Å². The van der Waals surface area contributed by atoms with Crippen LogP contribution < -0.4 is 0 Å². The summed E-state index contributed by atoms with van der Waals surface area (Å²) in [6, 6.07) is 0. The molecule has 0 aliphatic heterocycles. The standard InChI is InChI=1S/C15H32FNO3S/c1-15(2,16)11-7-5-6-9-13-21(19,20)14-10-8-12-17(3,4)18/h5-14H2,1-4H3. The molecular weight excluding hydrogens is 293 g/mol. The van der Waals surface area contributed by atoms with Crippen LogP contribution in [0.5, 0.6) is 0 Å². The minimum absolute atomic E-state index is 0.171. The fraction of sp³-hybridized carbons (Fsp3) is 1.00. The molecule has 0 radical (unpaired) electrons. The van der Waals surface area contributed by atoms with Crippen LogP contribution >= 0.6 is 0 Å². The summed E-state index contributed by atoms with van der Waals surface area (Å²) in [6.45, 7) is 3.59. The van der Waals surface area contributed by atoms with Crippen molar-refractivity contribution in [2.24, 2.45) is 0 Å². The molecular formula is C15H32FNO3S. The van der Waals surface area contributed by atoms with Gasteiger partial charge < -0.3 is 9.85 Å². The van der Waals surface area contributed by atoms with Gasteiger partial charge in [0.1, 0.15) is 15.5 Å². The Morgan fingerprint density at radius 3 is 1.90 bits per heavy atom. The molecule has 21 heavy (non-hydrogen) atoms. The van der Waals surface area contributed by atoms with E-state index in [2.05, 4.69) is 0 Å². The Bertz CT molecular complexity index is 369. The third-order valence-corrected chi connectivity index (χ3v) is 5.20. The van der Waals surface area contributed by atoms with Gasteiger partial charge in [-0.05, 0) is 39.5 Å². The maximum atomic E-state index is 13.2. The molecule has 0 aliphatic carbocycles. The van der Waals surface area contributed by atoms with Gasteiger partial charge in [-0.1, -0.05) is 19.3 Å². The zero-order valence-electron chi connectivity index (χ0n) is 14.0. The maximum Gasteiger partial charge on any atom is 0.150 e. The summed E-state index contributed by atoms with van der Waals surface area (Å²) in [5.41, 5.74) is -1.13. The SMILES string of the molecule is CC(C)(F)CCCCCCS(=O)(=O)CCCC[N+](C)(C)[O-]. The van der Waals surface area contributed by atoms with Crippen LogP contribution in [0.4, 0.5) is 4.39 Å². The van der Waals surface area contributed by atoms with Gasteiger partial charge in [0.05, 0.1) is 32.1 Å². The molecule has 0 bridgehead atoms. The van der Waals surface area contributed by atoms with Crippen LogP contribution in [0.2, 0.25) is 0 Å². The van der Waals surface area contributed by atoms with Crippen LogP contribution in [0.3, 0.4) is 0 Å². The van der Waals surface area contributed by atoms with E-state index in [1.165, 1.54) is 0 Å². The lowest BCUT2D eigenvalue weighted by molar-refractivity contribution is -0.840.